The molecule has 2 aliphatic heterocycles. The summed E-state index contributed by atoms with van der Waals surface area (Å²) in [6, 6.07) is 23.6. The molecule has 17 nitrogen and oxygen atoms in total. The maximum Gasteiger partial charge on any atom is 0.289 e. The van der Waals surface area contributed by atoms with Gasteiger partial charge in [0.05, 0.1) is 25.3 Å². The number of rotatable bonds is 20. The number of likely N-dealkylation sites (tertiary alicyclic amines) is 1. The number of carbonyl (C=O) groups is 2. The first-order chi connectivity index (χ1) is 36.4. The number of carbonyl (C=O) groups excluding carboxylic acids is 2. The molecule has 2 fully saturated rings. The summed E-state index contributed by atoms with van der Waals surface area (Å²) in [5.74, 6) is 2.17. The van der Waals surface area contributed by atoms with E-state index in [0.717, 1.165) is 100 Å². The van der Waals surface area contributed by atoms with Crippen LogP contribution in [-0.4, -0.2) is 138 Å². The molecule has 2 amide bonds. The van der Waals surface area contributed by atoms with Gasteiger partial charge in [0, 0.05) is 80.9 Å². The molecule has 76 heavy (non-hydrogen) atoms. The second-order valence-corrected chi connectivity index (χ2v) is 21.9. The molecule has 2 aromatic heterocycles. The highest BCUT2D eigenvalue weighted by atomic mass is 16.5. The summed E-state index contributed by atoms with van der Waals surface area (Å²) in [5, 5.41) is 46.6. The zero-order valence-corrected chi connectivity index (χ0v) is 46.4. The number of phenolic OH excluding ortho intramolecular Hbond substituents is 2. The number of nitrogens with one attached hydrogen (secondary N) is 2. The quantitative estimate of drug-likeness (QED) is 0.0567. The number of nitrogens with zero attached hydrogens (tertiary/aromatic N) is 9. The van der Waals surface area contributed by atoms with Gasteiger partial charge in [0.25, 0.3) is 11.8 Å². The van der Waals surface area contributed by atoms with E-state index >= 15 is 0 Å². The highest BCUT2D eigenvalue weighted by molar-refractivity contribution is 5.93. The highest BCUT2D eigenvalue weighted by Gasteiger charge is 2.29. The van der Waals surface area contributed by atoms with Crippen molar-refractivity contribution < 1.29 is 29.3 Å². The fraction of sp³-hybridized carbons (Fsp3) is 0.492. The van der Waals surface area contributed by atoms with Gasteiger partial charge in [0.1, 0.15) is 23.0 Å². The third-order valence-corrected chi connectivity index (χ3v) is 15.0. The Morgan fingerprint density at radius 2 is 1.03 bits per heavy atom. The van der Waals surface area contributed by atoms with Crippen molar-refractivity contribution in [2.45, 2.75) is 131 Å². The molecule has 2 saturated heterocycles. The van der Waals surface area contributed by atoms with E-state index in [-0.39, 0.29) is 58.9 Å². The Morgan fingerprint density at radius 1 is 0.592 bits per heavy atom. The summed E-state index contributed by atoms with van der Waals surface area (Å²) in [6.07, 6.45) is 3.88. The molecule has 0 bridgehead atoms. The van der Waals surface area contributed by atoms with Crippen molar-refractivity contribution in [3.8, 4) is 57.1 Å². The molecule has 4 N–H and O–H groups in total. The molecule has 0 saturated carbocycles. The predicted molar refractivity (Wildman–Crippen MR) is 297 cm³/mol. The van der Waals surface area contributed by atoms with Crippen molar-refractivity contribution in [2.75, 3.05) is 53.5 Å². The van der Waals surface area contributed by atoms with E-state index in [1.165, 1.54) is 5.56 Å². The zero-order valence-electron chi connectivity index (χ0n) is 46.4. The standard InChI is InChI=1S/C59H79N11O6/c1-36(2)46-30-48(50(71)32-52(46)75-10)54-62-64-56(58(73)60-38(5)6)69(54)44-18-14-42(15-19-44)34-66-24-22-41(23-25-66)13-12-40(9)61-59(74)57-65-63-55(49-31-47(37(3)4)53(76-11)33-51(49)72)70(57)45-20-16-43(17-21-45)35-67-26-28-68(29-27-67)39(7)8/h14-21,30-33,36-41,71-72H,12-13,22-29,34-35H2,1-11H3,(H,60,73)(H,61,74). The third kappa shape index (κ3) is 12.7. The molecule has 0 aliphatic carbocycles. The van der Waals surface area contributed by atoms with Gasteiger partial charge in [-0.2, -0.15) is 0 Å². The summed E-state index contributed by atoms with van der Waals surface area (Å²) in [4.78, 5) is 35.2. The second-order valence-electron chi connectivity index (χ2n) is 21.9. The number of methoxy groups -OCH3 is 2. The molecule has 6 aromatic rings. The number of piperazine rings is 1. The smallest absolute Gasteiger partial charge is 0.289 e. The molecule has 1 atom stereocenters. The lowest BCUT2D eigenvalue weighted by atomic mass is 9.90. The first-order valence-electron chi connectivity index (χ1n) is 27.1. The van der Waals surface area contributed by atoms with E-state index < -0.39 is 0 Å². The second kappa shape index (κ2) is 24.5. The van der Waals surface area contributed by atoms with Gasteiger partial charge in [-0.1, -0.05) is 52.0 Å². The summed E-state index contributed by atoms with van der Waals surface area (Å²) in [7, 11) is 3.17. The zero-order chi connectivity index (χ0) is 54.4. The fourth-order valence-electron chi connectivity index (χ4n) is 10.5. The maximum atomic E-state index is 14.3. The van der Waals surface area contributed by atoms with Crippen LogP contribution < -0.4 is 20.1 Å². The lowest BCUT2D eigenvalue weighted by Gasteiger charge is -2.36. The summed E-state index contributed by atoms with van der Waals surface area (Å²) >= 11 is 0. The normalized spacial score (nSPS) is 15.5. The van der Waals surface area contributed by atoms with E-state index in [9.17, 15) is 19.8 Å². The highest BCUT2D eigenvalue weighted by Crippen LogP contribution is 2.41. The first kappa shape index (κ1) is 55.4. The van der Waals surface area contributed by atoms with Gasteiger partial charge >= 0.3 is 0 Å². The van der Waals surface area contributed by atoms with E-state index in [0.29, 0.717) is 51.9 Å². The summed E-state index contributed by atoms with van der Waals surface area (Å²) in [6.45, 7) is 26.2. The van der Waals surface area contributed by atoms with Gasteiger partial charge in [-0.25, -0.2) is 0 Å². The van der Waals surface area contributed by atoms with E-state index in [2.05, 4.69) is 112 Å². The number of ether oxygens (including phenoxy) is 2. The molecule has 17 heteroatoms. The Kier molecular flexibility index (Phi) is 17.8. The van der Waals surface area contributed by atoms with Crippen LogP contribution in [0.25, 0.3) is 34.2 Å². The van der Waals surface area contributed by atoms with Gasteiger partial charge in [0.15, 0.2) is 11.6 Å². The molecule has 0 radical (unpaired) electrons. The number of amides is 2. The van der Waals surface area contributed by atoms with Crippen molar-refractivity contribution in [1.29, 1.82) is 0 Å². The molecule has 0 spiro atoms. The van der Waals surface area contributed by atoms with Crippen LogP contribution in [0.15, 0.2) is 72.8 Å². The van der Waals surface area contributed by atoms with Crippen molar-refractivity contribution >= 4 is 11.8 Å². The number of hydrogen-bond acceptors (Lipinski definition) is 13. The van der Waals surface area contributed by atoms with E-state index in [1.807, 2.05) is 57.2 Å². The van der Waals surface area contributed by atoms with Crippen molar-refractivity contribution in [2.24, 2.45) is 5.92 Å². The minimum absolute atomic E-state index is 0.00936. The first-order valence-corrected chi connectivity index (χ1v) is 27.1. The van der Waals surface area contributed by atoms with Gasteiger partial charge in [-0.15, -0.1) is 20.4 Å². The lowest BCUT2D eigenvalue weighted by molar-refractivity contribution is 0.0917. The molecule has 4 aromatic carbocycles. The van der Waals surface area contributed by atoms with Gasteiger partial charge in [-0.3, -0.25) is 33.4 Å². The third-order valence-electron chi connectivity index (χ3n) is 15.0. The number of aromatic nitrogens is 6. The predicted octanol–water partition coefficient (Wildman–Crippen LogP) is 9.33. The van der Waals surface area contributed by atoms with Crippen molar-refractivity contribution in [3.63, 3.8) is 0 Å². The lowest BCUT2D eigenvalue weighted by Crippen LogP contribution is -2.48. The number of piperidine rings is 1. The van der Waals surface area contributed by atoms with Crippen LogP contribution in [-0.2, 0) is 13.1 Å². The molecule has 406 valence electrons. The van der Waals surface area contributed by atoms with Crippen LogP contribution in [0.3, 0.4) is 0 Å². The average molecular weight is 1040 g/mol. The Morgan fingerprint density at radius 3 is 1.43 bits per heavy atom. The number of phenols is 2. The number of hydrogen-bond donors (Lipinski definition) is 4. The minimum Gasteiger partial charge on any atom is -0.507 e. The number of aromatic hydroxyl groups is 2. The van der Waals surface area contributed by atoms with Crippen LogP contribution >= 0.6 is 0 Å². The van der Waals surface area contributed by atoms with Crippen LogP contribution in [0.1, 0.15) is 143 Å². The van der Waals surface area contributed by atoms with Gasteiger partial charge < -0.3 is 30.3 Å². The Bertz CT molecular complexity index is 2930. The SMILES string of the molecule is COc1cc(O)c(-c2nnc(C(=O)NC(C)C)n2-c2ccc(CN3CCC(CCC(C)NC(=O)c4nnc(-c5cc(C(C)C)c(OC)cc5O)n4-c4ccc(CN5CCN(C(C)C)CC5)cc4)CC3)cc2)cc1C(C)C. The van der Waals surface area contributed by atoms with Crippen LogP contribution in [0, 0.1) is 5.92 Å². The monoisotopic (exact) mass is 1040 g/mol. The molecule has 1 unspecified atom stereocenters. The largest absolute Gasteiger partial charge is 0.507 e. The molecule has 4 heterocycles. The summed E-state index contributed by atoms with van der Waals surface area (Å²) < 4.78 is 14.7. The van der Waals surface area contributed by atoms with Crippen LogP contribution in [0.4, 0.5) is 0 Å². The van der Waals surface area contributed by atoms with Crippen molar-refractivity contribution in [1.82, 2.24) is 54.9 Å². The maximum absolute atomic E-state index is 14.3. The summed E-state index contributed by atoms with van der Waals surface area (Å²) in [5.41, 5.74) is 6.48. The average Bonchev–Trinajstić information content (AvgIpc) is 4.05. The molecular formula is C59H79N11O6. The van der Waals surface area contributed by atoms with Crippen LogP contribution in [0.2, 0.25) is 0 Å². The van der Waals surface area contributed by atoms with E-state index in [1.54, 1.807) is 35.5 Å². The molecule has 8 rings (SSSR count). The Balaban J connectivity index is 0.910. The number of benzene rings is 4. The Labute approximate surface area is 448 Å². The molecular weight excluding hydrogens is 959 g/mol. The van der Waals surface area contributed by atoms with Gasteiger partial charge in [0.2, 0.25) is 11.6 Å². The van der Waals surface area contributed by atoms with Crippen LogP contribution in [0.5, 0.6) is 23.0 Å². The minimum atomic E-state index is -0.362. The molecule has 2 aliphatic rings. The Hall–Kier alpha value is -6.82. The van der Waals surface area contributed by atoms with E-state index in [4.69, 9.17) is 9.47 Å². The topological polar surface area (TPSA) is 188 Å². The van der Waals surface area contributed by atoms with Gasteiger partial charge in [-0.05, 0) is 150 Å². The fourth-order valence-corrected chi connectivity index (χ4v) is 10.5. The van der Waals surface area contributed by atoms with Crippen molar-refractivity contribution in [3.05, 3.63) is 107 Å².